The molecule has 2 aromatic rings. The second-order valence-corrected chi connectivity index (χ2v) is 6.96. The molecule has 0 heterocycles. The van der Waals surface area contributed by atoms with Crippen molar-refractivity contribution in [3.05, 3.63) is 52.0 Å². The predicted molar refractivity (Wildman–Crippen MR) is 107 cm³/mol. The molecule has 27 heavy (non-hydrogen) atoms. The Morgan fingerprint density at radius 2 is 1.78 bits per heavy atom. The lowest BCUT2D eigenvalue weighted by Gasteiger charge is -2.16. The average molecular weight is 392 g/mol. The molecule has 0 aliphatic carbocycles. The summed E-state index contributed by atoms with van der Waals surface area (Å²) < 4.78 is 16.2. The van der Waals surface area contributed by atoms with E-state index in [1.54, 1.807) is 14.2 Å². The smallest absolute Gasteiger partial charge is 0.258 e. The molecule has 0 spiro atoms. The van der Waals surface area contributed by atoms with E-state index in [2.05, 4.69) is 19.2 Å². The summed E-state index contributed by atoms with van der Waals surface area (Å²) in [6.07, 6.45) is 0. The maximum Gasteiger partial charge on any atom is 0.258 e. The molecule has 0 aromatic heterocycles. The van der Waals surface area contributed by atoms with Crippen LogP contribution >= 0.6 is 11.6 Å². The van der Waals surface area contributed by atoms with E-state index in [0.29, 0.717) is 28.8 Å². The summed E-state index contributed by atoms with van der Waals surface area (Å²) in [5, 5.41) is 3.54. The molecule has 0 saturated heterocycles. The fourth-order valence-electron chi connectivity index (χ4n) is 2.63. The quantitative estimate of drug-likeness (QED) is 0.720. The fraction of sp³-hybridized carbons (Fsp3) is 0.381. The Balaban J connectivity index is 1.96. The first-order valence-corrected chi connectivity index (χ1v) is 9.14. The lowest BCUT2D eigenvalue weighted by molar-refractivity contribution is -0.123. The standard InChI is InChI=1S/C21H26ClNO4/c1-13(2)16-10-17(22)14(3)8-19(16)27-12-21(24)23-11-15-6-7-18(25-4)20(9-15)26-5/h6-10,13H,11-12H2,1-5H3,(H,23,24). The number of aryl methyl sites for hydroxylation is 1. The van der Waals surface area contributed by atoms with Crippen molar-refractivity contribution in [1.29, 1.82) is 0 Å². The largest absolute Gasteiger partial charge is 0.493 e. The SMILES string of the molecule is COc1ccc(CNC(=O)COc2cc(C)c(Cl)cc2C(C)C)cc1OC. The van der Waals surface area contributed by atoms with Crippen molar-refractivity contribution in [1.82, 2.24) is 5.32 Å². The zero-order chi connectivity index (χ0) is 20.0. The van der Waals surface area contributed by atoms with Gasteiger partial charge in [0.2, 0.25) is 0 Å². The molecule has 0 aliphatic heterocycles. The van der Waals surface area contributed by atoms with Crippen molar-refractivity contribution in [2.24, 2.45) is 0 Å². The molecule has 6 heteroatoms. The highest BCUT2D eigenvalue weighted by atomic mass is 35.5. The third-order valence-corrected chi connectivity index (χ3v) is 4.62. The Bertz CT molecular complexity index is 805. The molecule has 0 saturated carbocycles. The van der Waals surface area contributed by atoms with E-state index in [4.69, 9.17) is 25.8 Å². The van der Waals surface area contributed by atoms with Gasteiger partial charge in [0.05, 0.1) is 14.2 Å². The Hall–Kier alpha value is -2.40. The number of rotatable bonds is 8. The van der Waals surface area contributed by atoms with E-state index < -0.39 is 0 Å². The number of halogens is 1. The van der Waals surface area contributed by atoms with Crippen LogP contribution in [0.5, 0.6) is 17.2 Å². The molecule has 0 atom stereocenters. The van der Waals surface area contributed by atoms with Gasteiger partial charge in [-0.15, -0.1) is 0 Å². The summed E-state index contributed by atoms with van der Waals surface area (Å²) in [7, 11) is 3.16. The average Bonchev–Trinajstić information content (AvgIpc) is 2.66. The second kappa shape index (κ2) is 9.51. The van der Waals surface area contributed by atoms with Gasteiger partial charge in [-0.3, -0.25) is 4.79 Å². The van der Waals surface area contributed by atoms with Gasteiger partial charge < -0.3 is 19.5 Å². The number of hydrogen-bond donors (Lipinski definition) is 1. The molecule has 0 bridgehead atoms. The molecular weight excluding hydrogens is 366 g/mol. The van der Waals surface area contributed by atoms with E-state index in [1.807, 2.05) is 37.3 Å². The lowest BCUT2D eigenvalue weighted by atomic mass is 10.0. The number of benzene rings is 2. The van der Waals surface area contributed by atoms with Crippen molar-refractivity contribution in [2.75, 3.05) is 20.8 Å². The summed E-state index contributed by atoms with van der Waals surface area (Å²) in [4.78, 5) is 12.2. The zero-order valence-electron chi connectivity index (χ0n) is 16.4. The molecule has 0 radical (unpaired) electrons. The number of methoxy groups -OCH3 is 2. The minimum Gasteiger partial charge on any atom is -0.493 e. The van der Waals surface area contributed by atoms with E-state index in [1.165, 1.54) is 0 Å². The molecule has 2 rings (SSSR count). The van der Waals surface area contributed by atoms with Crippen LogP contribution in [0.15, 0.2) is 30.3 Å². The summed E-state index contributed by atoms with van der Waals surface area (Å²) in [5.41, 5.74) is 2.81. The number of carbonyl (C=O) groups excluding carboxylic acids is 1. The third-order valence-electron chi connectivity index (χ3n) is 4.21. The number of hydrogen-bond acceptors (Lipinski definition) is 4. The topological polar surface area (TPSA) is 56.8 Å². The Labute approximate surface area is 165 Å². The molecule has 1 N–H and O–H groups in total. The first kappa shape index (κ1) is 20.9. The Kier molecular flexibility index (Phi) is 7.36. The van der Waals surface area contributed by atoms with Gasteiger partial charge >= 0.3 is 0 Å². The van der Waals surface area contributed by atoms with Gasteiger partial charge in [-0.05, 0) is 53.8 Å². The van der Waals surface area contributed by atoms with Crippen molar-refractivity contribution < 1.29 is 19.0 Å². The normalized spacial score (nSPS) is 10.6. The number of amides is 1. The van der Waals surface area contributed by atoms with Crippen molar-refractivity contribution in [3.63, 3.8) is 0 Å². The fourth-order valence-corrected chi connectivity index (χ4v) is 2.80. The van der Waals surface area contributed by atoms with Gasteiger partial charge in [-0.1, -0.05) is 31.5 Å². The summed E-state index contributed by atoms with van der Waals surface area (Å²) in [5.74, 6) is 2.00. The molecule has 2 aromatic carbocycles. The molecule has 0 fully saturated rings. The first-order valence-electron chi connectivity index (χ1n) is 8.76. The minimum absolute atomic E-state index is 0.0614. The Morgan fingerprint density at radius 3 is 2.41 bits per heavy atom. The monoisotopic (exact) mass is 391 g/mol. The van der Waals surface area contributed by atoms with Gasteiger partial charge in [0.25, 0.3) is 5.91 Å². The van der Waals surface area contributed by atoms with E-state index in [9.17, 15) is 4.79 Å². The van der Waals surface area contributed by atoms with Crippen LogP contribution < -0.4 is 19.5 Å². The van der Waals surface area contributed by atoms with Crippen LogP contribution in [0, 0.1) is 6.92 Å². The molecule has 146 valence electrons. The summed E-state index contributed by atoms with van der Waals surface area (Å²) >= 11 is 6.20. The van der Waals surface area contributed by atoms with Crippen LogP contribution in [0.3, 0.4) is 0 Å². The second-order valence-electron chi connectivity index (χ2n) is 6.55. The number of ether oxygens (including phenoxy) is 3. The van der Waals surface area contributed by atoms with Crippen molar-refractivity contribution in [2.45, 2.75) is 33.2 Å². The lowest BCUT2D eigenvalue weighted by Crippen LogP contribution is -2.28. The molecule has 5 nitrogen and oxygen atoms in total. The van der Waals surface area contributed by atoms with Crippen LogP contribution in [0.25, 0.3) is 0 Å². The van der Waals surface area contributed by atoms with E-state index in [0.717, 1.165) is 16.7 Å². The number of carbonyl (C=O) groups is 1. The van der Waals surface area contributed by atoms with Crippen LogP contribution in [0.1, 0.15) is 36.5 Å². The van der Waals surface area contributed by atoms with Gasteiger partial charge in [0, 0.05) is 11.6 Å². The third kappa shape index (κ3) is 5.54. The van der Waals surface area contributed by atoms with Crippen LogP contribution in [-0.2, 0) is 11.3 Å². The molecule has 0 aliphatic rings. The maximum absolute atomic E-state index is 12.2. The minimum atomic E-state index is -0.202. The summed E-state index contributed by atoms with van der Waals surface area (Å²) in [6.45, 7) is 6.35. The highest BCUT2D eigenvalue weighted by Crippen LogP contribution is 2.32. The molecule has 1 amide bonds. The summed E-state index contributed by atoms with van der Waals surface area (Å²) in [6, 6.07) is 9.29. The van der Waals surface area contributed by atoms with Gasteiger partial charge in [0.15, 0.2) is 18.1 Å². The Morgan fingerprint density at radius 1 is 1.07 bits per heavy atom. The van der Waals surface area contributed by atoms with Crippen LogP contribution in [0.2, 0.25) is 5.02 Å². The molecule has 0 unspecified atom stereocenters. The number of nitrogens with one attached hydrogen (secondary N) is 1. The molecular formula is C21H26ClNO4. The van der Waals surface area contributed by atoms with Crippen LogP contribution in [-0.4, -0.2) is 26.7 Å². The van der Waals surface area contributed by atoms with E-state index >= 15 is 0 Å². The van der Waals surface area contributed by atoms with Crippen molar-refractivity contribution in [3.8, 4) is 17.2 Å². The van der Waals surface area contributed by atoms with Gasteiger partial charge in [-0.25, -0.2) is 0 Å². The van der Waals surface area contributed by atoms with Crippen molar-refractivity contribution >= 4 is 17.5 Å². The van der Waals surface area contributed by atoms with Crippen LogP contribution in [0.4, 0.5) is 0 Å². The zero-order valence-corrected chi connectivity index (χ0v) is 17.1. The van der Waals surface area contributed by atoms with Gasteiger partial charge in [-0.2, -0.15) is 0 Å². The first-order chi connectivity index (χ1) is 12.8. The highest BCUT2D eigenvalue weighted by molar-refractivity contribution is 6.31. The highest BCUT2D eigenvalue weighted by Gasteiger charge is 2.13. The van der Waals surface area contributed by atoms with Gasteiger partial charge in [0.1, 0.15) is 5.75 Å². The van der Waals surface area contributed by atoms with E-state index in [-0.39, 0.29) is 18.4 Å². The maximum atomic E-state index is 12.2. The predicted octanol–water partition coefficient (Wildman–Crippen LogP) is 4.48.